The molecule has 3 aliphatic rings. The summed E-state index contributed by atoms with van der Waals surface area (Å²) >= 11 is 0. The van der Waals surface area contributed by atoms with Crippen LogP contribution in [0.2, 0.25) is 0 Å². The fourth-order valence-electron chi connectivity index (χ4n) is 5.90. The SMILES string of the molecule is O=C(c1ncc(F)cc1F)N1C[C@@H]2C[C@H](C1)[C@@H]1CCC[C@H](Cc3ccccc3)N1C2. The van der Waals surface area contributed by atoms with Crippen molar-refractivity contribution in [3.05, 3.63) is 65.5 Å². The highest BCUT2D eigenvalue weighted by Gasteiger charge is 2.45. The van der Waals surface area contributed by atoms with Gasteiger partial charge in [0.15, 0.2) is 11.5 Å². The van der Waals surface area contributed by atoms with Crippen molar-refractivity contribution in [1.29, 1.82) is 0 Å². The van der Waals surface area contributed by atoms with Gasteiger partial charge in [-0.25, -0.2) is 13.8 Å². The Kier molecular flexibility index (Phi) is 5.27. The van der Waals surface area contributed by atoms with Gasteiger partial charge in [0.25, 0.3) is 5.91 Å². The highest BCUT2D eigenvalue weighted by Crippen LogP contribution is 2.40. The van der Waals surface area contributed by atoms with Gasteiger partial charge in [0.2, 0.25) is 0 Å². The molecular formula is C24H27F2N3O. The van der Waals surface area contributed by atoms with Gasteiger partial charge >= 0.3 is 0 Å². The zero-order valence-electron chi connectivity index (χ0n) is 17.0. The van der Waals surface area contributed by atoms with Gasteiger partial charge < -0.3 is 4.90 Å². The van der Waals surface area contributed by atoms with E-state index < -0.39 is 17.5 Å². The molecule has 30 heavy (non-hydrogen) atoms. The number of carbonyl (C=O) groups is 1. The highest BCUT2D eigenvalue weighted by molar-refractivity contribution is 5.92. The Morgan fingerprint density at radius 3 is 2.73 bits per heavy atom. The minimum Gasteiger partial charge on any atom is -0.337 e. The van der Waals surface area contributed by atoms with Crippen LogP contribution in [0.3, 0.4) is 0 Å². The van der Waals surface area contributed by atoms with E-state index in [2.05, 4.69) is 40.2 Å². The van der Waals surface area contributed by atoms with Gasteiger partial charge in [-0.15, -0.1) is 0 Å². The van der Waals surface area contributed by atoms with Gasteiger partial charge in [0.05, 0.1) is 6.20 Å². The van der Waals surface area contributed by atoms with E-state index in [0.29, 0.717) is 37.0 Å². The Balaban J connectivity index is 1.32. The van der Waals surface area contributed by atoms with Crippen LogP contribution in [0.25, 0.3) is 0 Å². The predicted octanol–water partition coefficient (Wildman–Crippen LogP) is 3.92. The highest BCUT2D eigenvalue weighted by atomic mass is 19.1. The number of halogens is 2. The molecule has 1 aromatic heterocycles. The lowest BCUT2D eigenvalue weighted by Crippen LogP contribution is -2.62. The number of benzene rings is 1. The number of likely N-dealkylation sites (tertiary alicyclic amines) is 1. The van der Waals surface area contributed by atoms with Crippen LogP contribution in [-0.4, -0.2) is 52.4 Å². The molecule has 2 aromatic rings. The van der Waals surface area contributed by atoms with Gasteiger partial charge in [-0.3, -0.25) is 9.69 Å². The minimum atomic E-state index is -0.877. The first-order valence-electron chi connectivity index (χ1n) is 11.0. The van der Waals surface area contributed by atoms with Crippen LogP contribution < -0.4 is 0 Å². The summed E-state index contributed by atoms with van der Waals surface area (Å²) in [5.74, 6) is -1.25. The molecular weight excluding hydrogens is 384 g/mol. The summed E-state index contributed by atoms with van der Waals surface area (Å²) in [7, 11) is 0. The molecule has 1 aromatic carbocycles. The number of amides is 1. The Bertz CT molecular complexity index is 922. The number of nitrogens with zero attached hydrogens (tertiary/aromatic N) is 3. The summed E-state index contributed by atoms with van der Waals surface area (Å²) < 4.78 is 27.3. The van der Waals surface area contributed by atoms with Crippen molar-refractivity contribution in [2.75, 3.05) is 19.6 Å². The predicted molar refractivity (Wildman–Crippen MR) is 110 cm³/mol. The molecule has 3 aliphatic heterocycles. The average molecular weight is 411 g/mol. The second kappa shape index (κ2) is 8.06. The second-order valence-electron chi connectivity index (χ2n) is 9.09. The zero-order chi connectivity index (χ0) is 20.7. The molecule has 4 nitrogen and oxygen atoms in total. The summed E-state index contributed by atoms with van der Waals surface area (Å²) in [6.45, 7) is 2.24. The van der Waals surface area contributed by atoms with Crippen molar-refractivity contribution in [1.82, 2.24) is 14.8 Å². The maximum absolute atomic E-state index is 14.1. The van der Waals surface area contributed by atoms with E-state index in [-0.39, 0.29) is 5.69 Å². The van der Waals surface area contributed by atoms with Crippen LogP contribution in [0.5, 0.6) is 0 Å². The minimum absolute atomic E-state index is 0.265. The van der Waals surface area contributed by atoms with Gasteiger partial charge in [-0.2, -0.15) is 0 Å². The van der Waals surface area contributed by atoms with Crippen molar-refractivity contribution in [2.45, 2.75) is 44.2 Å². The van der Waals surface area contributed by atoms with Crippen LogP contribution in [0.4, 0.5) is 8.78 Å². The zero-order valence-corrected chi connectivity index (χ0v) is 17.0. The quantitative estimate of drug-likeness (QED) is 0.768. The van der Waals surface area contributed by atoms with Crippen LogP contribution >= 0.6 is 0 Å². The molecule has 4 atom stereocenters. The Hall–Kier alpha value is -2.34. The molecule has 0 aliphatic carbocycles. The van der Waals surface area contributed by atoms with E-state index in [4.69, 9.17) is 0 Å². The molecule has 0 radical (unpaired) electrons. The monoisotopic (exact) mass is 411 g/mol. The van der Waals surface area contributed by atoms with Crippen molar-refractivity contribution >= 4 is 5.91 Å². The van der Waals surface area contributed by atoms with Crippen LogP contribution in [0, 0.1) is 23.5 Å². The Labute approximate surface area is 175 Å². The lowest BCUT2D eigenvalue weighted by Gasteiger charge is -2.55. The van der Waals surface area contributed by atoms with Crippen molar-refractivity contribution in [3.8, 4) is 0 Å². The first kappa shape index (κ1) is 19.6. The smallest absolute Gasteiger partial charge is 0.275 e. The van der Waals surface area contributed by atoms with E-state index in [1.54, 1.807) is 4.90 Å². The van der Waals surface area contributed by atoms with Gasteiger partial charge in [0, 0.05) is 37.8 Å². The molecule has 6 heteroatoms. The Morgan fingerprint density at radius 1 is 1.10 bits per heavy atom. The van der Waals surface area contributed by atoms with Gasteiger partial charge in [0.1, 0.15) is 5.82 Å². The summed E-state index contributed by atoms with van der Waals surface area (Å²) in [6, 6.07) is 12.4. The Morgan fingerprint density at radius 2 is 1.93 bits per heavy atom. The molecule has 0 N–H and O–H groups in total. The van der Waals surface area contributed by atoms with Gasteiger partial charge in [-0.1, -0.05) is 36.8 Å². The van der Waals surface area contributed by atoms with Crippen molar-refractivity contribution in [2.24, 2.45) is 11.8 Å². The maximum atomic E-state index is 14.1. The molecule has 3 saturated heterocycles. The normalized spacial score (nSPS) is 28.8. The standard InChI is InChI=1S/C24H27F2N3O/c25-19-11-21(26)23(27-12-19)24(30)28-13-17-9-18(15-28)22-8-4-7-20(29(22)14-17)10-16-5-2-1-3-6-16/h1-3,5-6,11-12,17-18,20,22H,4,7-10,13-15H2/t17-,18+,20+,22-/m0/s1. The molecule has 1 amide bonds. The van der Waals surface area contributed by atoms with E-state index >= 15 is 0 Å². The molecule has 4 heterocycles. The largest absolute Gasteiger partial charge is 0.337 e. The summed E-state index contributed by atoms with van der Waals surface area (Å²) in [5.41, 5.74) is 1.12. The maximum Gasteiger partial charge on any atom is 0.275 e. The molecule has 158 valence electrons. The average Bonchev–Trinajstić information content (AvgIpc) is 2.74. The number of rotatable bonds is 3. The molecule has 5 rings (SSSR count). The lowest BCUT2D eigenvalue weighted by molar-refractivity contribution is -0.0500. The molecule has 0 unspecified atom stereocenters. The van der Waals surface area contributed by atoms with Gasteiger partial charge in [-0.05, 0) is 43.1 Å². The van der Waals surface area contributed by atoms with Crippen molar-refractivity contribution < 1.29 is 13.6 Å². The van der Waals surface area contributed by atoms with Crippen molar-refractivity contribution in [3.63, 3.8) is 0 Å². The van der Waals surface area contributed by atoms with E-state index in [9.17, 15) is 13.6 Å². The lowest BCUT2D eigenvalue weighted by atomic mass is 9.74. The van der Waals surface area contributed by atoms with Crippen LogP contribution in [0.1, 0.15) is 41.7 Å². The van der Waals surface area contributed by atoms with E-state index in [1.807, 2.05) is 0 Å². The number of pyridine rings is 1. The molecule has 2 bridgehead atoms. The topological polar surface area (TPSA) is 36.4 Å². The number of fused-ring (bicyclic) bond motifs is 4. The van der Waals surface area contributed by atoms with Crippen LogP contribution in [0.15, 0.2) is 42.6 Å². The fraction of sp³-hybridized carbons (Fsp3) is 0.500. The van der Waals surface area contributed by atoms with E-state index in [0.717, 1.165) is 38.1 Å². The summed E-state index contributed by atoms with van der Waals surface area (Å²) in [4.78, 5) is 21.1. The third-order valence-corrected chi connectivity index (χ3v) is 7.13. The molecule has 0 saturated carbocycles. The third kappa shape index (κ3) is 3.73. The molecule has 3 fully saturated rings. The third-order valence-electron chi connectivity index (χ3n) is 7.13. The number of hydrogen-bond acceptors (Lipinski definition) is 3. The summed E-state index contributed by atoms with van der Waals surface area (Å²) in [6.07, 6.45) is 6.71. The second-order valence-corrected chi connectivity index (χ2v) is 9.09. The number of piperidine rings is 3. The van der Waals surface area contributed by atoms with Crippen LogP contribution in [-0.2, 0) is 6.42 Å². The number of hydrogen-bond donors (Lipinski definition) is 0. The van der Waals surface area contributed by atoms with E-state index in [1.165, 1.54) is 18.4 Å². The summed E-state index contributed by atoms with van der Waals surface area (Å²) in [5, 5.41) is 0. The fourth-order valence-corrected chi connectivity index (χ4v) is 5.90. The molecule has 0 spiro atoms. The number of carbonyl (C=O) groups excluding carboxylic acids is 1. The first-order valence-corrected chi connectivity index (χ1v) is 11.0. The first-order chi connectivity index (χ1) is 14.6. The number of aromatic nitrogens is 1.